The van der Waals surface area contributed by atoms with Crippen molar-refractivity contribution < 1.29 is 24.1 Å². The molecule has 1 N–H and O–H groups in total. The van der Waals surface area contributed by atoms with E-state index < -0.39 is 0 Å². The second-order valence-corrected chi connectivity index (χ2v) is 5.11. The van der Waals surface area contributed by atoms with Crippen LogP contribution in [0.3, 0.4) is 0 Å². The van der Waals surface area contributed by atoms with Gasteiger partial charge in [-0.15, -0.1) is 0 Å². The first kappa shape index (κ1) is 18.3. The van der Waals surface area contributed by atoms with Crippen molar-refractivity contribution >= 4 is 12.2 Å². The average molecular weight is 342 g/mol. The third kappa shape index (κ3) is 4.47. The standard InChI is InChI=1S/C20H22O5/c1-22-17-10-9-14(11-16(17)21)7-5-6-8-15-12-18(23-2)20(25-4)19(13-15)24-3/h5-13,21H,1-4H3/b7-5+,8-6-. The van der Waals surface area contributed by atoms with Gasteiger partial charge in [-0.25, -0.2) is 0 Å². The Morgan fingerprint density at radius 3 is 1.72 bits per heavy atom. The summed E-state index contributed by atoms with van der Waals surface area (Å²) in [6, 6.07) is 8.96. The van der Waals surface area contributed by atoms with Crippen LogP contribution in [0, 0.1) is 0 Å². The Kier molecular flexibility index (Phi) is 6.34. The molecule has 0 spiro atoms. The highest BCUT2D eigenvalue weighted by molar-refractivity contribution is 5.64. The highest BCUT2D eigenvalue weighted by atomic mass is 16.5. The molecule has 0 bridgehead atoms. The first-order valence-corrected chi connectivity index (χ1v) is 7.64. The number of ether oxygens (including phenoxy) is 4. The topological polar surface area (TPSA) is 57.2 Å². The number of methoxy groups -OCH3 is 4. The van der Waals surface area contributed by atoms with Crippen LogP contribution in [0.1, 0.15) is 11.1 Å². The second-order valence-electron chi connectivity index (χ2n) is 5.11. The predicted octanol–water partition coefficient (Wildman–Crippen LogP) is 4.15. The van der Waals surface area contributed by atoms with Gasteiger partial charge in [-0.1, -0.05) is 30.4 Å². The van der Waals surface area contributed by atoms with Gasteiger partial charge in [-0.2, -0.15) is 0 Å². The lowest BCUT2D eigenvalue weighted by atomic mass is 10.1. The van der Waals surface area contributed by atoms with Crippen molar-refractivity contribution in [2.75, 3.05) is 28.4 Å². The maximum absolute atomic E-state index is 9.77. The number of aromatic hydroxyl groups is 1. The van der Waals surface area contributed by atoms with Crippen LogP contribution in [0.5, 0.6) is 28.7 Å². The fourth-order valence-corrected chi connectivity index (χ4v) is 2.34. The molecular weight excluding hydrogens is 320 g/mol. The van der Waals surface area contributed by atoms with Gasteiger partial charge in [0.2, 0.25) is 5.75 Å². The van der Waals surface area contributed by atoms with E-state index in [9.17, 15) is 5.11 Å². The third-order valence-corrected chi connectivity index (χ3v) is 3.58. The predicted molar refractivity (Wildman–Crippen MR) is 98.8 cm³/mol. The molecule has 0 unspecified atom stereocenters. The van der Waals surface area contributed by atoms with Crippen LogP contribution in [-0.2, 0) is 0 Å². The molecule has 0 aliphatic heterocycles. The van der Waals surface area contributed by atoms with Crippen LogP contribution in [0.4, 0.5) is 0 Å². The maximum atomic E-state index is 9.77. The summed E-state index contributed by atoms with van der Waals surface area (Å²) in [5, 5.41) is 9.77. The van der Waals surface area contributed by atoms with E-state index in [2.05, 4.69) is 0 Å². The Bertz CT molecular complexity index is 753. The molecule has 2 aromatic rings. The Hall–Kier alpha value is -3.08. The summed E-state index contributed by atoms with van der Waals surface area (Å²) in [6.45, 7) is 0. The van der Waals surface area contributed by atoms with Gasteiger partial charge in [-0.05, 0) is 35.4 Å². The molecule has 0 fully saturated rings. The van der Waals surface area contributed by atoms with Crippen molar-refractivity contribution in [2.45, 2.75) is 0 Å². The molecule has 132 valence electrons. The number of hydrogen-bond donors (Lipinski definition) is 1. The minimum Gasteiger partial charge on any atom is -0.504 e. The second kappa shape index (κ2) is 8.68. The quantitative estimate of drug-likeness (QED) is 0.766. The first-order chi connectivity index (χ1) is 12.1. The Balaban J connectivity index is 2.17. The zero-order valence-electron chi connectivity index (χ0n) is 14.8. The number of benzene rings is 2. The SMILES string of the molecule is COc1ccc(/C=C/C=C\c2cc(OC)c(OC)c(OC)c2)cc1O. The van der Waals surface area contributed by atoms with Crippen molar-refractivity contribution in [1.82, 2.24) is 0 Å². The number of phenolic OH excluding ortho intramolecular Hbond substituents is 1. The Morgan fingerprint density at radius 1 is 0.680 bits per heavy atom. The highest BCUT2D eigenvalue weighted by Crippen LogP contribution is 2.38. The summed E-state index contributed by atoms with van der Waals surface area (Å²) < 4.78 is 21.0. The van der Waals surface area contributed by atoms with E-state index in [4.69, 9.17) is 18.9 Å². The Morgan fingerprint density at radius 2 is 1.24 bits per heavy atom. The van der Waals surface area contributed by atoms with Crippen LogP contribution in [0.2, 0.25) is 0 Å². The van der Waals surface area contributed by atoms with E-state index in [0.29, 0.717) is 23.0 Å². The number of allylic oxidation sites excluding steroid dienone is 2. The van der Waals surface area contributed by atoms with Crippen molar-refractivity contribution in [2.24, 2.45) is 0 Å². The van der Waals surface area contributed by atoms with Crippen LogP contribution in [-0.4, -0.2) is 33.5 Å². The maximum Gasteiger partial charge on any atom is 0.203 e. The Labute approximate surface area is 147 Å². The molecule has 0 heterocycles. The summed E-state index contributed by atoms with van der Waals surface area (Å²) in [5.41, 5.74) is 1.78. The van der Waals surface area contributed by atoms with Gasteiger partial charge in [0.1, 0.15) is 0 Å². The van der Waals surface area contributed by atoms with Crippen molar-refractivity contribution in [1.29, 1.82) is 0 Å². The minimum absolute atomic E-state index is 0.109. The van der Waals surface area contributed by atoms with E-state index >= 15 is 0 Å². The van der Waals surface area contributed by atoms with E-state index in [-0.39, 0.29) is 5.75 Å². The fourth-order valence-electron chi connectivity index (χ4n) is 2.34. The molecular formula is C20H22O5. The number of rotatable bonds is 7. The van der Waals surface area contributed by atoms with Gasteiger partial charge in [0.05, 0.1) is 28.4 Å². The van der Waals surface area contributed by atoms with Crippen molar-refractivity contribution in [3.05, 3.63) is 53.6 Å². The van der Waals surface area contributed by atoms with Crippen molar-refractivity contribution in [3.8, 4) is 28.7 Å². The van der Waals surface area contributed by atoms with Crippen LogP contribution in [0.25, 0.3) is 12.2 Å². The van der Waals surface area contributed by atoms with E-state index in [1.807, 2.05) is 42.5 Å². The summed E-state index contributed by atoms with van der Waals surface area (Å²) in [5.74, 6) is 2.32. The molecule has 0 saturated carbocycles. The zero-order valence-corrected chi connectivity index (χ0v) is 14.8. The summed E-state index contributed by atoms with van der Waals surface area (Å²) in [4.78, 5) is 0. The molecule has 0 amide bonds. The lowest BCUT2D eigenvalue weighted by Crippen LogP contribution is -1.95. The molecule has 0 aliphatic rings. The van der Waals surface area contributed by atoms with Crippen LogP contribution < -0.4 is 18.9 Å². The van der Waals surface area contributed by atoms with Crippen molar-refractivity contribution in [3.63, 3.8) is 0 Å². The van der Waals surface area contributed by atoms with Crippen LogP contribution in [0.15, 0.2) is 42.5 Å². The molecule has 0 aliphatic carbocycles. The molecule has 2 aromatic carbocycles. The lowest BCUT2D eigenvalue weighted by Gasteiger charge is -2.12. The normalized spacial score (nSPS) is 11.0. The van der Waals surface area contributed by atoms with Gasteiger partial charge < -0.3 is 24.1 Å². The van der Waals surface area contributed by atoms with E-state index in [1.54, 1.807) is 33.5 Å². The summed E-state index contributed by atoms with van der Waals surface area (Å²) >= 11 is 0. The lowest BCUT2D eigenvalue weighted by molar-refractivity contribution is 0.324. The molecule has 5 heteroatoms. The molecule has 2 rings (SSSR count). The average Bonchev–Trinajstić information content (AvgIpc) is 2.64. The van der Waals surface area contributed by atoms with Gasteiger partial charge >= 0.3 is 0 Å². The summed E-state index contributed by atoms with van der Waals surface area (Å²) in [6.07, 6.45) is 7.57. The monoisotopic (exact) mass is 342 g/mol. The minimum atomic E-state index is 0.109. The number of phenols is 1. The third-order valence-electron chi connectivity index (χ3n) is 3.58. The molecule has 0 aromatic heterocycles. The zero-order chi connectivity index (χ0) is 18.2. The largest absolute Gasteiger partial charge is 0.504 e. The first-order valence-electron chi connectivity index (χ1n) is 7.64. The van der Waals surface area contributed by atoms with Gasteiger partial charge in [0, 0.05) is 0 Å². The molecule has 0 saturated heterocycles. The van der Waals surface area contributed by atoms with Gasteiger partial charge in [-0.3, -0.25) is 0 Å². The molecule has 5 nitrogen and oxygen atoms in total. The van der Waals surface area contributed by atoms with Crippen LogP contribution >= 0.6 is 0 Å². The molecule has 0 atom stereocenters. The van der Waals surface area contributed by atoms with E-state index in [1.165, 1.54) is 7.11 Å². The smallest absolute Gasteiger partial charge is 0.203 e. The van der Waals surface area contributed by atoms with Gasteiger partial charge in [0.15, 0.2) is 23.0 Å². The van der Waals surface area contributed by atoms with E-state index in [0.717, 1.165) is 11.1 Å². The molecule has 25 heavy (non-hydrogen) atoms. The van der Waals surface area contributed by atoms with Gasteiger partial charge in [0.25, 0.3) is 0 Å². The fraction of sp³-hybridized carbons (Fsp3) is 0.200. The molecule has 0 radical (unpaired) electrons. The number of hydrogen-bond acceptors (Lipinski definition) is 5. The summed E-state index contributed by atoms with van der Waals surface area (Å²) in [7, 11) is 6.26. The highest BCUT2D eigenvalue weighted by Gasteiger charge is 2.11.